The average molecular weight is 242 g/mol. The summed E-state index contributed by atoms with van der Waals surface area (Å²) >= 11 is 0. The molecule has 0 saturated heterocycles. The van der Waals surface area contributed by atoms with Crippen LogP contribution in [0.5, 0.6) is 0 Å². The van der Waals surface area contributed by atoms with Crippen molar-refractivity contribution >= 4 is 23.1 Å². The van der Waals surface area contributed by atoms with Gasteiger partial charge in [0.2, 0.25) is 0 Å². The summed E-state index contributed by atoms with van der Waals surface area (Å²) in [7, 11) is 0. The van der Waals surface area contributed by atoms with Crippen molar-refractivity contribution in [3.8, 4) is 0 Å². The average Bonchev–Trinajstić information content (AvgIpc) is 2.38. The minimum atomic E-state index is -1.08. The Morgan fingerprint density at radius 1 is 0.722 bits per heavy atom. The Balaban J connectivity index is 2.21. The molecule has 0 N–H and O–H groups in total. The van der Waals surface area contributed by atoms with Crippen molar-refractivity contribution in [1.29, 1.82) is 0 Å². The Labute approximate surface area is 103 Å². The summed E-state index contributed by atoms with van der Waals surface area (Å²) in [5, 5.41) is 0. The normalized spacial score (nSPS) is 26.9. The van der Waals surface area contributed by atoms with Gasteiger partial charge in [-0.25, -0.2) is 0 Å². The fourth-order valence-electron chi connectivity index (χ4n) is 2.77. The van der Waals surface area contributed by atoms with Crippen molar-refractivity contribution in [3.63, 3.8) is 0 Å². The summed E-state index contributed by atoms with van der Waals surface area (Å²) in [6.45, 7) is 0. The molecule has 4 heteroatoms. The second kappa shape index (κ2) is 3.70. The first-order valence-corrected chi connectivity index (χ1v) is 5.84. The molecule has 2 aliphatic rings. The van der Waals surface area contributed by atoms with Crippen LogP contribution in [0.4, 0.5) is 0 Å². The highest BCUT2D eigenvalue weighted by Crippen LogP contribution is 2.35. The van der Waals surface area contributed by atoms with Gasteiger partial charge in [-0.1, -0.05) is 24.3 Å². The van der Waals surface area contributed by atoms with E-state index in [-0.39, 0.29) is 47.1 Å². The number of fused-ring (bicyclic) bond motifs is 2. The maximum absolute atomic E-state index is 12.2. The van der Waals surface area contributed by atoms with Crippen molar-refractivity contribution in [1.82, 2.24) is 0 Å². The van der Waals surface area contributed by atoms with Gasteiger partial charge in [-0.15, -0.1) is 0 Å². The van der Waals surface area contributed by atoms with Crippen LogP contribution < -0.4 is 0 Å². The van der Waals surface area contributed by atoms with Crippen LogP contribution in [0.2, 0.25) is 0 Å². The topological polar surface area (TPSA) is 68.3 Å². The van der Waals surface area contributed by atoms with Crippen LogP contribution in [0.3, 0.4) is 0 Å². The van der Waals surface area contributed by atoms with Crippen molar-refractivity contribution < 1.29 is 19.2 Å². The molecular formula is C14H10O4. The summed E-state index contributed by atoms with van der Waals surface area (Å²) in [4.78, 5) is 48.1. The Morgan fingerprint density at radius 2 is 1.11 bits per heavy atom. The van der Waals surface area contributed by atoms with Gasteiger partial charge in [-0.2, -0.15) is 0 Å². The highest BCUT2D eigenvalue weighted by atomic mass is 16.2. The minimum Gasteiger partial charge on any atom is -0.299 e. The molecule has 1 saturated carbocycles. The van der Waals surface area contributed by atoms with Gasteiger partial charge in [0.05, 0.1) is 11.8 Å². The van der Waals surface area contributed by atoms with E-state index < -0.39 is 11.8 Å². The predicted octanol–water partition coefficient (Wildman–Crippen LogP) is 1.23. The van der Waals surface area contributed by atoms with E-state index in [1.165, 1.54) is 12.1 Å². The largest absolute Gasteiger partial charge is 0.299 e. The van der Waals surface area contributed by atoms with E-state index in [1.807, 2.05) is 0 Å². The molecule has 0 heterocycles. The van der Waals surface area contributed by atoms with Crippen LogP contribution in [-0.2, 0) is 9.59 Å². The summed E-state index contributed by atoms with van der Waals surface area (Å²) in [6.07, 6.45) is 0.141. The zero-order valence-corrected chi connectivity index (χ0v) is 9.51. The van der Waals surface area contributed by atoms with Crippen molar-refractivity contribution in [3.05, 3.63) is 35.4 Å². The number of benzene rings is 1. The number of ketones is 4. The molecule has 90 valence electrons. The first-order valence-electron chi connectivity index (χ1n) is 5.84. The van der Waals surface area contributed by atoms with E-state index in [2.05, 4.69) is 0 Å². The summed E-state index contributed by atoms with van der Waals surface area (Å²) in [5.41, 5.74) is 0.540. The van der Waals surface area contributed by atoms with E-state index in [9.17, 15) is 19.2 Å². The van der Waals surface area contributed by atoms with Gasteiger partial charge in [-0.3, -0.25) is 19.2 Å². The molecule has 0 radical (unpaired) electrons. The van der Waals surface area contributed by atoms with Gasteiger partial charge in [-0.05, 0) is 0 Å². The molecule has 18 heavy (non-hydrogen) atoms. The Hall–Kier alpha value is -2.10. The number of carbonyl (C=O) groups excluding carboxylic acids is 4. The van der Waals surface area contributed by atoms with Crippen molar-refractivity contribution in [2.45, 2.75) is 12.8 Å². The Kier molecular flexibility index (Phi) is 2.26. The molecule has 0 spiro atoms. The zero-order valence-electron chi connectivity index (χ0n) is 9.51. The van der Waals surface area contributed by atoms with Gasteiger partial charge in [0.1, 0.15) is 11.6 Å². The lowest BCUT2D eigenvalue weighted by Gasteiger charge is -2.31. The third-order valence-corrected chi connectivity index (χ3v) is 3.67. The lowest BCUT2D eigenvalue weighted by atomic mass is 9.66. The predicted molar refractivity (Wildman–Crippen MR) is 61.3 cm³/mol. The van der Waals surface area contributed by atoms with Crippen LogP contribution in [-0.4, -0.2) is 23.1 Å². The number of Topliss-reactive ketones (excluding diaryl/α,β-unsaturated/α-hetero) is 4. The first-order chi connectivity index (χ1) is 8.61. The molecular weight excluding hydrogens is 232 g/mol. The SMILES string of the molecule is O=C1CCC(=O)C2C(=O)c3ccccc3C(=O)C12. The van der Waals surface area contributed by atoms with Crippen LogP contribution in [0.1, 0.15) is 33.6 Å². The van der Waals surface area contributed by atoms with Gasteiger partial charge < -0.3 is 0 Å². The van der Waals surface area contributed by atoms with E-state index in [0.717, 1.165) is 0 Å². The van der Waals surface area contributed by atoms with Crippen LogP contribution in [0.25, 0.3) is 0 Å². The summed E-state index contributed by atoms with van der Waals surface area (Å²) in [5.74, 6) is -3.48. The maximum Gasteiger partial charge on any atom is 0.175 e. The molecule has 4 nitrogen and oxygen atoms in total. The fraction of sp³-hybridized carbons (Fsp3) is 0.286. The lowest BCUT2D eigenvalue weighted by molar-refractivity contribution is -0.134. The van der Waals surface area contributed by atoms with E-state index in [1.54, 1.807) is 12.1 Å². The number of rotatable bonds is 0. The molecule has 0 amide bonds. The monoisotopic (exact) mass is 242 g/mol. The molecule has 0 aromatic heterocycles. The molecule has 1 fully saturated rings. The number of hydrogen-bond acceptors (Lipinski definition) is 4. The quantitative estimate of drug-likeness (QED) is 0.642. The van der Waals surface area contributed by atoms with Crippen LogP contribution in [0, 0.1) is 11.8 Å². The molecule has 1 aromatic carbocycles. The van der Waals surface area contributed by atoms with E-state index in [4.69, 9.17) is 0 Å². The van der Waals surface area contributed by atoms with Gasteiger partial charge >= 0.3 is 0 Å². The van der Waals surface area contributed by atoms with E-state index in [0.29, 0.717) is 0 Å². The fourth-order valence-corrected chi connectivity index (χ4v) is 2.77. The molecule has 2 aliphatic carbocycles. The van der Waals surface area contributed by atoms with Gasteiger partial charge in [0.15, 0.2) is 11.6 Å². The molecule has 1 aromatic rings. The second-order valence-electron chi connectivity index (χ2n) is 4.66. The second-order valence-corrected chi connectivity index (χ2v) is 4.66. The zero-order chi connectivity index (χ0) is 12.9. The smallest absolute Gasteiger partial charge is 0.175 e. The van der Waals surface area contributed by atoms with Crippen LogP contribution >= 0.6 is 0 Å². The Morgan fingerprint density at radius 3 is 1.50 bits per heavy atom. The Bertz CT molecular complexity index is 547. The minimum absolute atomic E-state index is 0.0706. The van der Waals surface area contributed by atoms with Crippen molar-refractivity contribution in [2.24, 2.45) is 11.8 Å². The molecule has 0 bridgehead atoms. The number of carbonyl (C=O) groups is 4. The highest BCUT2D eigenvalue weighted by molar-refractivity contribution is 6.29. The van der Waals surface area contributed by atoms with Gasteiger partial charge in [0, 0.05) is 24.0 Å². The third kappa shape index (κ3) is 1.32. The lowest BCUT2D eigenvalue weighted by Crippen LogP contribution is -2.48. The molecule has 2 unspecified atom stereocenters. The standard InChI is InChI=1S/C14H10O4/c15-9-5-6-10(16)12-11(9)13(17)7-3-1-2-4-8(7)14(12)18/h1-4,11-12H,5-6H2. The van der Waals surface area contributed by atoms with Crippen LogP contribution in [0.15, 0.2) is 24.3 Å². The summed E-state index contributed by atoms with van der Waals surface area (Å²) < 4.78 is 0. The van der Waals surface area contributed by atoms with E-state index >= 15 is 0 Å². The first kappa shape index (κ1) is 11.0. The van der Waals surface area contributed by atoms with Crippen molar-refractivity contribution in [2.75, 3.05) is 0 Å². The molecule has 0 aliphatic heterocycles. The maximum atomic E-state index is 12.2. The highest BCUT2D eigenvalue weighted by Gasteiger charge is 2.50. The number of hydrogen-bond donors (Lipinski definition) is 0. The molecule has 2 atom stereocenters. The molecule has 3 rings (SSSR count). The van der Waals surface area contributed by atoms with Gasteiger partial charge in [0.25, 0.3) is 0 Å². The summed E-state index contributed by atoms with van der Waals surface area (Å²) in [6, 6.07) is 6.38. The third-order valence-electron chi connectivity index (χ3n) is 3.67.